The molecule has 3 aromatic carbocycles. The predicted octanol–water partition coefficient (Wildman–Crippen LogP) is 7.55. The first-order chi connectivity index (χ1) is 18.0. The van der Waals surface area contributed by atoms with E-state index >= 15 is 0 Å². The molecule has 0 saturated carbocycles. The predicted molar refractivity (Wildman–Crippen MR) is 148 cm³/mol. The Bertz CT molecular complexity index is 1290. The maximum atomic E-state index is 11.2. The molecule has 1 heterocycles. The molecule has 0 fully saturated rings. The second kappa shape index (κ2) is 12.3. The van der Waals surface area contributed by atoms with Crippen molar-refractivity contribution in [2.75, 3.05) is 13.2 Å². The van der Waals surface area contributed by atoms with Gasteiger partial charge >= 0.3 is 0 Å². The monoisotopic (exact) mass is 497 g/mol. The summed E-state index contributed by atoms with van der Waals surface area (Å²) in [5, 5.41) is 11.2. The SMILES string of the molecule is CCCCOc1cc(O)c(-c2nc(-c3ccccc3C)nc(-c3ccccc3C)n2)c(OCCCC)c1. The van der Waals surface area contributed by atoms with Gasteiger partial charge in [-0.1, -0.05) is 75.2 Å². The van der Waals surface area contributed by atoms with Gasteiger partial charge in [0.1, 0.15) is 22.8 Å². The van der Waals surface area contributed by atoms with Crippen LogP contribution in [-0.4, -0.2) is 33.3 Å². The number of phenolic OH excluding ortho intramolecular Hbond substituents is 1. The van der Waals surface area contributed by atoms with Crippen molar-refractivity contribution in [3.63, 3.8) is 0 Å². The number of nitrogens with zero attached hydrogens (tertiary/aromatic N) is 3. The molecule has 0 bridgehead atoms. The molecule has 0 amide bonds. The summed E-state index contributed by atoms with van der Waals surface area (Å²) in [5.41, 5.74) is 4.37. The molecule has 0 unspecified atom stereocenters. The van der Waals surface area contributed by atoms with Gasteiger partial charge in [-0.25, -0.2) is 15.0 Å². The van der Waals surface area contributed by atoms with Crippen LogP contribution in [0.5, 0.6) is 17.2 Å². The maximum absolute atomic E-state index is 11.2. The largest absolute Gasteiger partial charge is 0.507 e. The van der Waals surface area contributed by atoms with Crippen molar-refractivity contribution in [2.24, 2.45) is 0 Å². The molecule has 4 aromatic rings. The highest BCUT2D eigenvalue weighted by Crippen LogP contribution is 2.41. The Kier molecular flexibility index (Phi) is 8.72. The number of hydrogen-bond acceptors (Lipinski definition) is 6. The second-order valence-corrected chi connectivity index (χ2v) is 9.16. The molecular formula is C31H35N3O3. The van der Waals surface area contributed by atoms with Crippen LogP contribution in [0.25, 0.3) is 34.2 Å². The van der Waals surface area contributed by atoms with Crippen molar-refractivity contribution >= 4 is 0 Å². The van der Waals surface area contributed by atoms with Gasteiger partial charge in [0, 0.05) is 23.3 Å². The Labute approximate surface area is 219 Å². The van der Waals surface area contributed by atoms with E-state index in [4.69, 9.17) is 24.4 Å². The third-order valence-electron chi connectivity index (χ3n) is 6.21. The standard InChI is InChI=1S/C31H35N3O3/c1-5-7-17-36-23-19-26(35)28(27(20-23)37-18-8-6-2)31-33-29(24-15-11-9-13-21(24)3)32-30(34-31)25-16-12-10-14-22(25)4/h9-16,19-20,35H,5-8,17-18H2,1-4H3. The van der Waals surface area contributed by atoms with E-state index in [1.807, 2.05) is 68.4 Å². The quantitative estimate of drug-likeness (QED) is 0.216. The van der Waals surface area contributed by atoms with Gasteiger partial charge in [0.2, 0.25) is 0 Å². The summed E-state index contributed by atoms with van der Waals surface area (Å²) in [6.07, 6.45) is 3.84. The Hall–Kier alpha value is -3.93. The molecule has 6 heteroatoms. The van der Waals surface area contributed by atoms with E-state index in [1.54, 1.807) is 6.07 Å². The molecule has 0 saturated heterocycles. The maximum Gasteiger partial charge on any atom is 0.171 e. The van der Waals surface area contributed by atoms with Gasteiger partial charge in [0.15, 0.2) is 17.5 Å². The number of ether oxygens (including phenoxy) is 2. The van der Waals surface area contributed by atoms with Crippen LogP contribution in [-0.2, 0) is 0 Å². The molecule has 0 radical (unpaired) electrons. The molecule has 4 rings (SSSR count). The molecule has 0 aliphatic rings. The number of rotatable bonds is 11. The summed E-state index contributed by atoms with van der Waals surface area (Å²) in [5.74, 6) is 2.52. The first kappa shape index (κ1) is 26.1. The summed E-state index contributed by atoms with van der Waals surface area (Å²) in [6.45, 7) is 9.38. The van der Waals surface area contributed by atoms with Crippen LogP contribution >= 0.6 is 0 Å². The third-order valence-corrected chi connectivity index (χ3v) is 6.21. The van der Waals surface area contributed by atoms with Gasteiger partial charge in [0.05, 0.1) is 13.2 Å². The van der Waals surface area contributed by atoms with Gasteiger partial charge in [-0.15, -0.1) is 0 Å². The Morgan fingerprint density at radius 1 is 0.676 bits per heavy atom. The fourth-order valence-corrected chi connectivity index (χ4v) is 4.04. The fourth-order valence-electron chi connectivity index (χ4n) is 4.04. The molecule has 0 atom stereocenters. The van der Waals surface area contributed by atoms with E-state index in [2.05, 4.69) is 13.8 Å². The lowest BCUT2D eigenvalue weighted by atomic mass is 10.1. The zero-order valence-corrected chi connectivity index (χ0v) is 22.1. The zero-order chi connectivity index (χ0) is 26.2. The lowest BCUT2D eigenvalue weighted by molar-refractivity contribution is 0.292. The van der Waals surface area contributed by atoms with E-state index in [0.29, 0.717) is 47.7 Å². The van der Waals surface area contributed by atoms with Crippen LogP contribution in [0.1, 0.15) is 50.7 Å². The van der Waals surface area contributed by atoms with Crippen molar-refractivity contribution in [1.82, 2.24) is 15.0 Å². The minimum Gasteiger partial charge on any atom is -0.507 e. The van der Waals surface area contributed by atoms with Crippen molar-refractivity contribution in [3.05, 3.63) is 71.8 Å². The summed E-state index contributed by atoms with van der Waals surface area (Å²) in [7, 11) is 0. The highest BCUT2D eigenvalue weighted by molar-refractivity contribution is 5.76. The lowest BCUT2D eigenvalue weighted by Crippen LogP contribution is -2.05. The molecule has 1 N–H and O–H groups in total. The molecule has 6 nitrogen and oxygen atoms in total. The van der Waals surface area contributed by atoms with Gasteiger partial charge in [-0.2, -0.15) is 0 Å². The minimum absolute atomic E-state index is 0.0122. The van der Waals surface area contributed by atoms with Crippen LogP contribution in [0.2, 0.25) is 0 Å². The second-order valence-electron chi connectivity index (χ2n) is 9.16. The Balaban J connectivity index is 1.90. The Morgan fingerprint density at radius 2 is 1.19 bits per heavy atom. The van der Waals surface area contributed by atoms with E-state index in [0.717, 1.165) is 47.9 Å². The van der Waals surface area contributed by atoms with Gasteiger partial charge in [-0.3, -0.25) is 0 Å². The molecule has 37 heavy (non-hydrogen) atoms. The molecular weight excluding hydrogens is 462 g/mol. The van der Waals surface area contributed by atoms with Crippen molar-refractivity contribution in [2.45, 2.75) is 53.4 Å². The van der Waals surface area contributed by atoms with Gasteiger partial charge in [0.25, 0.3) is 0 Å². The highest BCUT2D eigenvalue weighted by Gasteiger charge is 2.21. The summed E-state index contributed by atoms with van der Waals surface area (Å²) in [6, 6.07) is 19.4. The zero-order valence-electron chi connectivity index (χ0n) is 22.1. The van der Waals surface area contributed by atoms with Crippen LogP contribution in [0.4, 0.5) is 0 Å². The first-order valence-corrected chi connectivity index (χ1v) is 13.0. The van der Waals surface area contributed by atoms with Crippen molar-refractivity contribution < 1.29 is 14.6 Å². The van der Waals surface area contributed by atoms with Gasteiger partial charge < -0.3 is 14.6 Å². The van der Waals surface area contributed by atoms with Crippen molar-refractivity contribution in [1.29, 1.82) is 0 Å². The average Bonchev–Trinajstić information content (AvgIpc) is 2.89. The van der Waals surface area contributed by atoms with Gasteiger partial charge in [-0.05, 0) is 37.8 Å². The number of phenols is 1. The first-order valence-electron chi connectivity index (χ1n) is 13.0. The number of aromatic nitrogens is 3. The molecule has 0 aliphatic carbocycles. The number of benzene rings is 3. The lowest BCUT2D eigenvalue weighted by Gasteiger charge is -2.16. The molecule has 192 valence electrons. The van der Waals surface area contributed by atoms with E-state index < -0.39 is 0 Å². The van der Waals surface area contributed by atoms with Crippen LogP contribution in [0.15, 0.2) is 60.7 Å². The number of aromatic hydroxyl groups is 1. The number of unbranched alkanes of at least 4 members (excludes halogenated alkanes) is 2. The highest BCUT2D eigenvalue weighted by atomic mass is 16.5. The Morgan fingerprint density at radius 3 is 1.73 bits per heavy atom. The number of hydrogen-bond donors (Lipinski definition) is 1. The molecule has 0 spiro atoms. The van der Waals surface area contributed by atoms with Crippen molar-refractivity contribution in [3.8, 4) is 51.4 Å². The fraction of sp³-hybridized carbons (Fsp3) is 0.323. The smallest absolute Gasteiger partial charge is 0.171 e. The summed E-state index contributed by atoms with van der Waals surface area (Å²) in [4.78, 5) is 14.5. The molecule has 0 aliphatic heterocycles. The molecule has 1 aromatic heterocycles. The van der Waals surface area contributed by atoms with Crippen LogP contribution in [0, 0.1) is 13.8 Å². The normalized spacial score (nSPS) is 10.9. The minimum atomic E-state index is 0.0122. The van der Waals surface area contributed by atoms with E-state index in [9.17, 15) is 5.11 Å². The van der Waals surface area contributed by atoms with Crippen LogP contribution in [0.3, 0.4) is 0 Å². The summed E-state index contributed by atoms with van der Waals surface area (Å²) >= 11 is 0. The van der Waals surface area contributed by atoms with E-state index in [1.165, 1.54) is 0 Å². The summed E-state index contributed by atoms with van der Waals surface area (Å²) < 4.78 is 12.0. The third kappa shape index (κ3) is 6.26. The average molecular weight is 498 g/mol. The number of aryl methyl sites for hydroxylation is 2. The van der Waals surface area contributed by atoms with Crippen LogP contribution < -0.4 is 9.47 Å². The van der Waals surface area contributed by atoms with E-state index in [-0.39, 0.29) is 5.75 Å². The topological polar surface area (TPSA) is 77.4 Å².